The lowest BCUT2D eigenvalue weighted by Gasteiger charge is -2.04. The first kappa shape index (κ1) is 13.7. The van der Waals surface area contributed by atoms with Crippen LogP contribution in [0.1, 0.15) is 5.56 Å². The van der Waals surface area contributed by atoms with Gasteiger partial charge in [-0.15, -0.1) is 0 Å². The van der Waals surface area contributed by atoms with Crippen molar-refractivity contribution in [1.82, 2.24) is 0 Å². The van der Waals surface area contributed by atoms with Gasteiger partial charge in [-0.05, 0) is 11.6 Å². The zero-order chi connectivity index (χ0) is 13.4. The molecular weight excluding hydrogens is 232 g/mol. The van der Waals surface area contributed by atoms with Gasteiger partial charge < -0.3 is 9.47 Å². The molecule has 1 aromatic carbocycles. The fraction of sp³-hybridized carbons (Fsp3) is 0.143. The van der Waals surface area contributed by atoms with Crippen molar-refractivity contribution in [3.63, 3.8) is 0 Å². The molecule has 0 N–H and O–H groups in total. The Morgan fingerprint density at radius 3 is 2.28 bits per heavy atom. The topological polar surface area (TPSA) is 52.6 Å². The molecule has 4 heteroatoms. The number of carbonyl (C=O) groups is 2. The van der Waals surface area contributed by atoms with Gasteiger partial charge >= 0.3 is 11.9 Å². The summed E-state index contributed by atoms with van der Waals surface area (Å²) in [4.78, 5) is 22.5. The van der Waals surface area contributed by atoms with E-state index in [1.54, 1.807) is 12.1 Å². The van der Waals surface area contributed by atoms with Crippen LogP contribution < -0.4 is 0 Å². The van der Waals surface area contributed by atoms with Crippen molar-refractivity contribution >= 4 is 17.5 Å². The van der Waals surface area contributed by atoms with E-state index < -0.39 is 11.9 Å². The Hall–Kier alpha value is -2.36. The number of hydrogen-bond acceptors (Lipinski definition) is 4. The lowest BCUT2D eigenvalue weighted by Crippen LogP contribution is -2.03. The molecule has 0 bridgehead atoms. The minimum Gasteiger partial charge on any atom is -0.466 e. The zero-order valence-corrected chi connectivity index (χ0v) is 10.3. The molecule has 1 rings (SSSR count). The maximum atomic E-state index is 11.6. The first-order valence-corrected chi connectivity index (χ1v) is 5.29. The monoisotopic (exact) mass is 246 g/mol. The minimum atomic E-state index is -0.483. The van der Waals surface area contributed by atoms with Crippen molar-refractivity contribution in [3.8, 4) is 0 Å². The molecule has 0 unspecified atom stereocenters. The SMILES string of the molecule is COC(=O)/C=C\C=C(/C(=O)OC)c1ccccc1. The normalized spacial score (nSPS) is 11.3. The Balaban J connectivity index is 3.00. The summed E-state index contributed by atoms with van der Waals surface area (Å²) in [6.45, 7) is 0. The summed E-state index contributed by atoms with van der Waals surface area (Å²) in [6, 6.07) is 9.05. The molecule has 0 aliphatic heterocycles. The molecular formula is C14H14O4. The number of rotatable bonds is 4. The van der Waals surface area contributed by atoms with E-state index in [-0.39, 0.29) is 0 Å². The van der Waals surface area contributed by atoms with Gasteiger partial charge in [0.25, 0.3) is 0 Å². The number of benzene rings is 1. The predicted molar refractivity (Wildman–Crippen MR) is 67.6 cm³/mol. The lowest BCUT2D eigenvalue weighted by molar-refractivity contribution is -0.135. The molecule has 0 saturated heterocycles. The fourth-order valence-electron chi connectivity index (χ4n) is 1.30. The van der Waals surface area contributed by atoms with Gasteiger partial charge in [-0.25, -0.2) is 9.59 Å². The summed E-state index contributed by atoms with van der Waals surface area (Å²) in [7, 11) is 2.60. The van der Waals surface area contributed by atoms with Crippen molar-refractivity contribution < 1.29 is 19.1 Å². The summed E-state index contributed by atoms with van der Waals surface area (Å²) < 4.78 is 9.15. The average Bonchev–Trinajstić information content (AvgIpc) is 2.43. The Kier molecular flexibility index (Phi) is 5.38. The molecule has 0 amide bonds. The lowest BCUT2D eigenvalue weighted by atomic mass is 10.1. The van der Waals surface area contributed by atoms with Crippen LogP contribution in [0.4, 0.5) is 0 Å². The van der Waals surface area contributed by atoms with Crippen molar-refractivity contribution in [1.29, 1.82) is 0 Å². The van der Waals surface area contributed by atoms with Crippen LogP contribution in [0, 0.1) is 0 Å². The van der Waals surface area contributed by atoms with Crippen molar-refractivity contribution in [2.24, 2.45) is 0 Å². The van der Waals surface area contributed by atoms with Gasteiger partial charge in [0.2, 0.25) is 0 Å². The third-order valence-corrected chi connectivity index (χ3v) is 2.19. The zero-order valence-electron chi connectivity index (χ0n) is 10.3. The molecule has 0 spiro atoms. The Bertz CT molecular complexity index is 472. The number of esters is 2. The maximum absolute atomic E-state index is 11.6. The first-order valence-electron chi connectivity index (χ1n) is 5.29. The molecule has 18 heavy (non-hydrogen) atoms. The second-order valence-corrected chi connectivity index (χ2v) is 3.32. The van der Waals surface area contributed by atoms with Crippen LogP contribution in [0.5, 0.6) is 0 Å². The number of hydrogen-bond donors (Lipinski definition) is 0. The summed E-state index contributed by atoms with van der Waals surface area (Å²) >= 11 is 0. The van der Waals surface area contributed by atoms with E-state index in [0.717, 1.165) is 5.56 Å². The molecule has 0 aliphatic carbocycles. The molecule has 0 saturated carbocycles. The molecule has 0 radical (unpaired) electrons. The standard InChI is InChI=1S/C14H14O4/c1-17-13(15)10-6-9-12(14(16)18-2)11-7-4-3-5-8-11/h3-10H,1-2H3/b10-6-,12-9-. The quantitative estimate of drug-likeness (QED) is 0.463. The third kappa shape index (κ3) is 3.90. The predicted octanol–water partition coefficient (Wildman–Crippen LogP) is 1.97. The van der Waals surface area contributed by atoms with Crippen LogP contribution in [0.3, 0.4) is 0 Å². The van der Waals surface area contributed by atoms with Crippen LogP contribution in [0.2, 0.25) is 0 Å². The van der Waals surface area contributed by atoms with E-state index in [9.17, 15) is 9.59 Å². The second-order valence-electron chi connectivity index (χ2n) is 3.32. The van der Waals surface area contributed by atoms with Crippen molar-refractivity contribution in [2.45, 2.75) is 0 Å². The number of carbonyl (C=O) groups excluding carboxylic acids is 2. The Morgan fingerprint density at radius 2 is 1.72 bits per heavy atom. The van der Waals surface area contributed by atoms with Crippen LogP contribution in [0.15, 0.2) is 48.6 Å². The number of ether oxygens (including phenoxy) is 2. The summed E-state index contributed by atoms with van der Waals surface area (Å²) in [5, 5.41) is 0. The maximum Gasteiger partial charge on any atom is 0.338 e. The Morgan fingerprint density at radius 1 is 1.06 bits per heavy atom. The molecule has 0 heterocycles. The van der Waals surface area contributed by atoms with E-state index in [4.69, 9.17) is 4.74 Å². The molecule has 0 aromatic heterocycles. The van der Waals surface area contributed by atoms with Crippen LogP contribution in [-0.2, 0) is 19.1 Å². The highest BCUT2D eigenvalue weighted by Gasteiger charge is 2.10. The summed E-state index contributed by atoms with van der Waals surface area (Å²) in [5.41, 5.74) is 1.09. The van der Waals surface area contributed by atoms with Crippen molar-refractivity contribution in [2.75, 3.05) is 14.2 Å². The summed E-state index contributed by atoms with van der Waals surface area (Å²) in [6.07, 6.45) is 4.19. The molecule has 0 fully saturated rings. The van der Waals surface area contributed by atoms with E-state index in [2.05, 4.69) is 4.74 Å². The summed E-state index contributed by atoms with van der Waals surface area (Å²) in [5.74, 6) is -0.945. The van der Waals surface area contributed by atoms with E-state index in [1.807, 2.05) is 18.2 Å². The van der Waals surface area contributed by atoms with E-state index in [0.29, 0.717) is 5.57 Å². The van der Waals surface area contributed by atoms with Gasteiger partial charge in [0.05, 0.1) is 19.8 Å². The largest absolute Gasteiger partial charge is 0.466 e. The fourth-order valence-corrected chi connectivity index (χ4v) is 1.30. The smallest absolute Gasteiger partial charge is 0.338 e. The molecule has 94 valence electrons. The van der Waals surface area contributed by atoms with Gasteiger partial charge in [-0.1, -0.05) is 36.4 Å². The van der Waals surface area contributed by atoms with Gasteiger partial charge in [0.1, 0.15) is 0 Å². The molecule has 0 aliphatic rings. The molecule has 0 atom stereocenters. The van der Waals surface area contributed by atoms with Gasteiger partial charge in [0, 0.05) is 6.08 Å². The number of methoxy groups -OCH3 is 2. The third-order valence-electron chi connectivity index (χ3n) is 2.19. The molecule has 4 nitrogen and oxygen atoms in total. The van der Waals surface area contributed by atoms with E-state index in [1.165, 1.54) is 32.4 Å². The highest BCUT2D eigenvalue weighted by Crippen LogP contribution is 2.15. The van der Waals surface area contributed by atoms with Gasteiger partial charge in [-0.2, -0.15) is 0 Å². The van der Waals surface area contributed by atoms with Crippen molar-refractivity contribution in [3.05, 3.63) is 54.1 Å². The first-order chi connectivity index (χ1) is 8.69. The minimum absolute atomic E-state index is 0.373. The van der Waals surface area contributed by atoms with Crippen LogP contribution >= 0.6 is 0 Å². The average molecular weight is 246 g/mol. The van der Waals surface area contributed by atoms with E-state index >= 15 is 0 Å². The Labute approximate surface area is 106 Å². The van der Waals surface area contributed by atoms with Gasteiger partial charge in [0.15, 0.2) is 0 Å². The van der Waals surface area contributed by atoms with Crippen LogP contribution in [-0.4, -0.2) is 26.2 Å². The molecule has 1 aromatic rings. The van der Waals surface area contributed by atoms with Gasteiger partial charge in [-0.3, -0.25) is 0 Å². The second kappa shape index (κ2) is 7.06. The highest BCUT2D eigenvalue weighted by molar-refractivity contribution is 6.16. The highest BCUT2D eigenvalue weighted by atomic mass is 16.5. The number of allylic oxidation sites excluding steroid dienone is 2. The van der Waals surface area contributed by atoms with Crippen LogP contribution in [0.25, 0.3) is 5.57 Å².